The van der Waals surface area contributed by atoms with Gasteiger partial charge < -0.3 is 9.52 Å². The molecule has 48 heavy (non-hydrogen) atoms. The van der Waals surface area contributed by atoms with Crippen molar-refractivity contribution in [3.05, 3.63) is 125 Å². The van der Waals surface area contributed by atoms with E-state index in [9.17, 15) is 24.3 Å². The van der Waals surface area contributed by atoms with Crippen LogP contribution in [0.1, 0.15) is 31.2 Å². The number of ketones is 2. The SMILES string of the molecule is CC1=CC(=O)C2=C(C1=O)C(c1c(O)ccc3ccccc13)C1=CCC3C(=O)N(c4ccc(-c5nc6ccccc6o5)cc4)C(=O)C3C1C2. The number of phenols is 1. The molecule has 2 heterocycles. The summed E-state index contributed by atoms with van der Waals surface area (Å²) in [6.45, 7) is 1.63. The molecule has 0 spiro atoms. The standard InChI is InChI=1S/C40H28N2O6/c1-20-18-31(44)28-19-27-25(35(36(28)37(20)45)34-24-7-3-2-6-21(24)12-17-30(34)43)15-16-26-33(27)40(47)42(39(26)46)23-13-10-22(11-14-23)38-41-29-8-4-5-9-32(29)48-38/h2-15,17-18,26-27,33,35,43H,16,19H2,1H3. The molecule has 1 aromatic heterocycles. The fraction of sp³-hybridized carbons (Fsp3) is 0.175. The lowest BCUT2D eigenvalue weighted by molar-refractivity contribution is -0.123. The van der Waals surface area contributed by atoms with Gasteiger partial charge in [0.25, 0.3) is 0 Å². The van der Waals surface area contributed by atoms with E-state index in [1.165, 1.54) is 11.0 Å². The second-order valence-electron chi connectivity index (χ2n) is 13.0. The minimum atomic E-state index is -0.738. The van der Waals surface area contributed by atoms with Gasteiger partial charge in [0.1, 0.15) is 11.3 Å². The number of benzene rings is 4. The van der Waals surface area contributed by atoms with Crippen molar-refractivity contribution >= 4 is 50.9 Å². The van der Waals surface area contributed by atoms with Crippen LogP contribution in [0, 0.1) is 17.8 Å². The van der Waals surface area contributed by atoms with Gasteiger partial charge in [-0.15, -0.1) is 0 Å². The summed E-state index contributed by atoms with van der Waals surface area (Å²) in [5.74, 6) is -3.26. The second kappa shape index (κ2) is 10.3. The van der Waals surface area contributed by atoms with Crippen LogP contribution in [-0.4, -0.2) is 33.5 Å². The van der Waals surface area contributed by atoms with Crippen LogP contribution in [0.4, 0.5) is 5.69 Å². The maximum absolute atomic E-state index is 14.4. The number of rotatable bonds is 3. The zero-order chi connectivity index (χ0) is 32.8. The molecule has 8 heteroatoms. The van der Waals surface area contributed by atoms with Crippen LogP contribution in [0.25, 0.3) is 33.3 Å². The highest BCUT2D eigenvalue weighted by Crippen LogP contribution is 2.57. The van der Waals surface area contributed by atoms with Gasteiger partial charge in [-0.1, -0.05) is 54.1 Å². The number of Topliss-reactive ketones (excluding diaryl/α,β-unsaturated/α-hetero) is 1. The van der Waals surface area contributed by atoms with Crippen molar-refractivity contribution in [1.82, 2.24) is 4.98 Å². The number of anilines is 1. The van der Waals surface area contributed by atoms with Gasteiger partial charge in [0, 0.05) is 33.8 Å². The molecule has 0 radical (unpaired) electrons. The molecule has 8 nitrogen and oxygen atoms in total. The first-order valence-electron chi connectivity index (χ1n) is 16.0. The van der Waals surface area contributed by atoms with Crippen molar-refractivity contribution in [1.29, 1.82) is 0 Å². The van der Waals surface area contributed by atoms with E-state index in [0.717, 1.165) is 21.9 Å². The zero-order valence-corrected chi connectivity index (χ0v) is 25.8. The quantitative estimate of drug-likeness (QED) is 0.129. The number of amides is 2. The van der Waals surface area contributed by atoms with Gasteiger partial charge in [0.15, 0.2) is 17.1 Å². The van der Waals surface area contributed by atoms with Crippen molar-refractivity contribution in [3.63, 3.8) is 0 Å². The molecule has 4 atom stereocenters. The third-order valence-electron chi connectivity index (χ3n) is 10.5. The number of carbonyl (C=O) groups is 4. The Kier molecular flexibility index (Phi) is 6.09. The van der Waals surface area contributed by atoms with Gasteiger partial charge >= 0.3 is 0 Å². The average Bonchev–Trinajstić information content (AvgIpc) is 3.65. The Balaban J connectivity index is 1.12. The lowest BCUT2D eigenvalue weighted by Crippen LogP contribution is -2.40. The minimum Gasteiger partial charge on any atom is -0.508 e. The molecule has 3 aliphatic carbocycles. The Labute approximate surface area is 274 Å². The number of allylic oxidation sites excluding steroid dienone is 6. The minimum absolute atomic E-state index is 0.0103. The fourth-order valence-corrected chi connectivity index (χ4v) is 8.28. The molecule has 4 unspecified atom stereocenters. The first kappa shape index (κ1) is 28.3. The van der Waals surface area contributed by atoms with Crippen molar-refractivity contribution < 1.29 is 28.7 Å². The second-order valence-corrected chi connectivity index (χ2v) is 13.0. The number of aromatic hydroxyl groups is 1. The molecule has 2 amide bonds. The Morgan fingerprint density at radius 2 is 1.62 bits per heavy atom. The Bertz CT molecular complexity index is 2340. The molecule has 1 N–H and O–H groups in total. The van der Waals surface area contributed by atoms with E-state index >= 15 is 0 Å². The van der Waals surface area contributed by atoms with Crippen molar-refractivity contribution in [2.45, 2.75) is 25.7 Å². The van der Waals surface area contributed by atoms with Crippen molar-refractivity contribution in [3.8, 4) is 17.2 Å². The molecule has 4 aromatic carbocycles. The van der Waals surface area contributed by atoms with E-state index in [-0.39, 0.29) is 35.6 Å². The Morgan fingerprint density at radius 3 is 2.44 bits per heavy atom. The number of aromatic nitrogens is 1. The molecular weight excluding hydrogens is 604 g/mol. The van der Waals surface area contributed by atoms with E-state index in [1.54, 1.807) is 37.3 Å². The molecule has 9 rings (SSSR count). The fourth-order valence-electron chi connectivity index (χ4n) is 8.28. The number of phenolic OH excluding ortho intramolecular Hbond substituents is 1. The van der Waals surface area contributed by atoms with Gasteiger partial charge in [-0.25, -0.2) is 4.98 Å². The number of fused-ring (bicyclic) bond motifs is 5. The van der Waals surface area contributed by atoms with Crippen molar-refractivity contribution in [2.75, 3.05) is 4.90 Å². The predicted octanol–water partition coefficient (Wildman–Crippen LogP) is 6.99. The van der Waals surface area contributed by atoms with Gasteiger partial charge in [-0.05, 0) is 85.0 Å². The highest BCUT2D eigenvalue weighted by Gasteiger charge is 2.57. The molecule has 234 valence electrons. The third kappa shape index (κ3) is 3.98. The van der Waals surface area contributed by atoms with Gasteiger partial charge in [-0.3, -0.25) is 24.1 Å². The number of hydrogen-bond donors (Lipinski definition) is 1. The molecule has 0 saturated carbocycles. The van der Waals surface area contributed by atoms with Crippen LogP contribution >= 0.6 is 0 Å². The highest BCUT2D eigenvalue weighted by atomic mass is 16.3. The molecule has 1 aliphatic heterocycles. The van der Waals surface area contributed by atoms with E-state index in [4.69, 9.17) is 4.42 Å². The van der Waals surface area contributed by atoms with Crippen LogP contribution in [0.3, 0.4) is 0 Å². The first-order chi connectivity index (χ1) is 23.3. The van der Waals surface area contributed by atoms with E-state index in [2.05, 4.69) is 4.98 Å². The van der Waals surface area contributed by atoms with Crippen LogP contribution in [0.5, 0.6) is 5.75 Å². The van der Waals surface area contributed by atoms with Gasteiger partial charge in [-0.2, -0.15) is 0 Å². The monoisotopic (exact) mass is 632 g/mol. The zero-order valence-electron chi connectivity index (χ0n) is 25.8. The lowest BCUT2D eigenvalue weighted by atomic mass is 9.59. The normalized spacial score (nSPS) is 23.7. The molecule has 4 aliphatic rings. The summed E-state index contributed by atoms with van der Waals surface area (Å²) in [7, 11) is 0. The summed E-state index contributed by atoms with van der Waals surface area (Å²) < 4.78 is 5.90. The van der Waals surface area contributed by atoms with Crippen molar-refractivity contribution in [2.24, 2.45) is 17.8 Å². The third-order valence-corrected chi connectivity index (χ3v) is 10.5. The van der Waals surface area contributed by atoms with Crippen LogP contribution in [-0.2, 0) is 19.2 Å². The number of para-hydroxylation sites is 2. The summed E-state index contributed by atoms with van der Waals surface area (Å²) in [6, 6.07) is 25.5. The summed E-state index contributed by atoms with van der Waals surface area (Å²) in [5, 5.41) is 13.0. The Morgan fingerprint density at radius 1 is 0.854 bits per heavy atom. The molecular formula is C40H28N2O6. The summed E-state index contributed by atoms with van der Waals surface area (Å²) in [6.07, 6.45) is 3.81. The smallest absolute Gasteiger partial charge is 0.238 e. The maximum Gasteiger partial charge on any atom is 0.238 e. The maximum atomic E-state index is 14.4. The summed E-state index contributed by atoms with van der Waals surface area (Å²) in [5.41, 5.74) is 4.95. The largest absolute Gasteiger partial charge is 0.508 e. The number of oxazole rings is 1. The summed E-state index contributed by atoms with van der Waals surface area (Å²) in [4.78, 5) is 61.6. The number of hydrogen-bond acceptors (Lipinski definition) is 7. The predicted molar refractivity (Wildman–Crippen MR) is 179 cm³/mol. The Hall–Kier alpha value is -5.89. The van der Waals surface area contributed by atoms with Gasteiger partial charge in [0.05, 0.1) is 17.5 Å². The van der Waals surface area contributed by atoms with Crippen LogP contribution < -0.4 is 4.90 Å². The number of imide groups is 1. The molecule has 5 aromatic rings. The number of carbonyl (C=O) groups excluding carboxylic acids is 4. The highest BCUT2D eigenvalue weighted by molar-refractivity contribution is 6.25. The topological polar surface area (TPSA) is 118 Å². The van der Waals surface area contributed by atoms with Crippen LogP contribution in [0.2, 0.25) is 0 Å². The number of nitrogens with zero attached hydrogens (tertiary/aromatic N) is 2. The molecule has 0 bridgehead atoms. The average molecular weight is 633 g/mol. The van der Waals surface area contributed by atoms with E-state index in [0.29, 0.717) is 51.4 Å². The molecule has 1 fully saturated rings. The van der Waals surface area contributed by atoms with E-state index < -0.39 is 23.7 Å². The molecule has 1 saturated heterocycles. The summed E-state index contributed by atoms with van der Waals surface area (Å²) >= 11 is 0. The lowest BCUT2D eigenvalue weighted by Gasteiger charge is -2.42. The van der Waals surface area contributed by atoms with Gasteiger partial charge in [0.2, 0.25) is 17.7 Å². The first-order valence-corrected chi connectivity index (χ1v) is 16.0. The van der Waals surface area contributed by atoms with E-state index in [1.807, 2.05) is 60.7 Å². The van der Waals surface area contributed by atoms with Crippen LogP contribution in [0.15, 0.2) is 124 Å².